The topological polar surface area (TPSA) is 62.0 Å². The third-order valence-electron chi connectivity index (χ3n) is 7.30. The van der Waals surface area contributed by atoms with Crippen LogP contribution in [-0.4, -0.2) is 35.6 Å². The number of nitrogens with zero attached hydrogens (tertiary/aromatic N) is 4. The molecule has 2 aliphatic heterocycles. The molecule has 29 heavy (non-hydrogen) atoms. The molecule has 1 aliphatic carbocycles. The largest absolute Gasteiger partial charge is 0.357 e. The Bertz CT molecular complexity index is 1130. The van der Waals surface area contributed by atoms with Gasteiger partial charge >= 0.3 is 0 Å². The van der Waals surface area contributed by atoms with Crippen molar-refractivity contribution < 1.29 is 0 Å². The van der Waals surface area contributed by atoms with Crippen LogP contribution >= 0.6 is 0 Å². The van der Waals surface area contributed by atoms with Crippen molar-refractivity contribution >= 4 is 22.5 Å². The van der Waals surface area contributed by atoms with E-state index in [1.165, 1.54) is 40.9 Å². The summed E-state index contributed by atoms with van der Waals surface area (Å²) in [5.41, 5.74) is 7.81. The molecule has 0 bridgehead atoms. The highest BCUT2D eigenvalue weighted by Crippen LogP contribution is 2.44. The third kappa shape index (κ3) is 2.48. The molecule has 3 aliphatic rings. The Morgan fingerprint density at radius 3 is 2.90 bits per heavy atom. The molecule has 6 nitrogen and oxygen atoms in total. The summed E-state index contributed by atoms with van der Waals surface area (Å²) in [4.78, 5) is 18.6. The number of nitroso groups, excluding NO2 is 1. The Balaban J connectivity index is 1.63. The first-order valence-electron chi connectivity index (χ1n) is 10.9. The van der Waals surface area contributed by atoms with Crippen LogP contribution in [0.15, 0.2) is 29.4 Å². The number of hydrogen-bond donors (Lipinski definition) is 1. The lowest BCUT2D eigenvalue weighted by atomic mass is 9.90. The van der Waals surface area contributed by atoms with E-state index in [1.54, 1.807) is 0 Å². The molecule has 0 saturated carbocycles. The summed E-state index contributed by atoms with van der Waals surface area (Å²) in [5.74, 6) is 1.32. The molecule has 2 atom stereocenters. The summed E-state index contributed by atoms with van der Waals surface area (Å²) in [6.07, 6.45) is 5.70. The zero-order valence-electron chi connectivity index (χ0n) is 16.9. The average Bonchev–Trinajstić information content (AvgIpc) is 3.38. The molecule has 1 aromatic carbocycles. The van der Waals surface area contributed by atoms with Crippen LogP contribution < -0.4 is 10.2 Å². The predicted molar refractivity (Wildman–Crippen MR) is 116 cm³/mol. The summed E-state index contributed by atoms with van der Waals surface area (Å²) >= 11 is 0. The van der Waals surface area contributed by atoms with Crippen LogP contribution in [0, 0.1) is 10.3 Å². The van der Waals surface area contributed by atoms with Gasteiger partial charge in [0.05, 0.1) is 17.6 Å². The lowest BCUT2D eigenvalue weighted by molar-refractivity contribution is 0.381. The predicted octanol–water partition coefficient (Wildman–Crippen LogP) is 3.99. The molecule has 2 aromatic heterocycles. The van der Waals surface area contributed by atoms with Crippen molar-refractivity contribution in [2.75, 3.05) is 31.1 Å². The fourth-order valence-corrected chi connectivity index (χ4v) is 5.70. The van der Waals surface area contributed by atoms with Crippen LogP contribution in [0.2, 0.25) is 0 Å². The van der Waals surface area contributed by atoms with Gasteiger partial charge in [-0.05, 0) is 61.9 Å². The Morgan fingerprint density at radius 2 is 2.10 bits per heavy atom. The molecule has 6 heteroatoms. The molecule has 150 valence electrons. The minimum absolute atomic E-state index is 0.0376. The number of para-hydroxylation sites is 2. The van der Waals surface area contributed by atoms with Crippen molar-refractivity contribution in [3.8, 4) is 0 Å². The molecular formula is C23H27N5O. The van der Waals surface area contributed by atoms with Crippen molar-refractivity contribution in [3.05, 3.63) is 45.9 Å². The average molecular weight is 390 g/mol. The van der Waals surface area contributed by atoms with Gasteiger partial charge in [-0.1, -0.05) is 24.2 Å². The van der Waals surface area contributed by atoms with E-state index in [4.69, 9.17) is 4.98 Å². The molecule has 0 spiro atoms. The number of nitrogens with one attached hydrogen (secondary N) is 1. The highest BCUT2D eigenvalue weighted by molar-refractivity contribution is 5.86. The quantitative estimate of drug-likeness (QED) is 0.685. The minimum Gasteiger partial charge on any atom is -0.357 e. The van der Waals surface area contributed by atoms with E-state index in [-0.39, 0.29) is 5.41 Å². The van der Waals surface area contributed by atoms with Crippen molar-refractivity contribution in [1.29, 1.82) is 0 Å². The highest BCUT2D eigenvalue weighted by Gasteiger charge is 2.39. The number of anilines is 1. The molecule has 0 amide bonds. The van der Waals surface area contributed by atoms with Crippen LogP contribution in [0.3, 0.4) is 0 Å². The molecule has 1 N–H and O–H groups in total. The van der Waals surface area contributed by atoms with Gasteiger partial charge in [0.15, 0.2) is 0 Å². The lowest BCUT2D eigenvalue weighted by Gasteiger charge is -2.33. The van der Waals surface area contributed by atoms with Crippen LogP contribution in [-0.2, 0) is 12.8 Å². The first kappa shape index (κ1) is 17.4. The van der Waals surface area contributed by atoms with Gasteiger partial charge in [-0.2, -0.15) is 4.91 Å². The minimum atomic E-state index is -0.0376. The number of hydrogen-bond acceptors (Lipinski definition) is 5. The normalized spacial score (nSPS) is 26.2. The zero-order valence-corrected chi connectivity index (χ0v) is 16.9. The Hall–Kier alpha value is -2.47. The van der Waals surface area contributed by atoms with Gasteiger partial charge in [0.1, 0.15) is 11.5 Å². The van der Waals surface area contributed by atoms with Crippen molar-refractivity contribution in [3.63, 3.8) is 0 Å². The highest BCUT2D eigenvalue weighted by atomic mass is 16.3. The van der Waals surface area contributed by atoms with Gasteiger partial charge in [-0.15, -0.1) is 0 Å². The fraction of sp³-hybridized carbons (Fsp3) is 0.522. The van der Waals surface area contributed by atoms with Crippen LogP contribution in [0.1, 0.15) is 48.9 Å². The maximum atomic E-state index is 11.0. The smallest absolute Gasteiger partial charge is 0.144 e. The van der Waals surface area contributed by atoms with Crippen molar-refractivity contribution in [2.24, 2.45) is 10.6 Å². The Kier molecular flexibility index (Phi) is 3.76. The van der Waals surface area contributed by atoms with Gasteiger partial charge in [0.25, 0.3) is 0 Å². The van der Waals surface area contributed by atoms with Crippen LogP contribution in [0.25, 0.3) is 16.7 Å². The summed E-state index contributed by atoms with van der Waals surface area (Å²) in [6.45, 7) is 5.54. The number of pyridine rings is 1. The van der Waals surface area contributed by atoms with Gasteiger partial charge in [0.2, 0.25) is 0 Å². The number of imidazole rings is 1. The summed E-state index contributed by atoms with van der Waals surface area (Å²) in [6, 6.07) is 8.93. The molecule has 3 aromatic rings. The Labute approximate surface area is 170 Å². The van der Waals surface area contributed by atoms with E-state index in [0.717, 1.165) is 50.1 Å². The van der Waals surface area contributed by atoms with E-state index in [9.17, 15) is 4.91 Å². The van der Waals surface area contributed by atoms with Crippen LogP contribution in [0.4, 0.5) is 5.82 Å². The standard InChI is InChI=1S/C23H27N5O/c1-23(13-25-29)10-12-27(14-23)22-16-6-4-5-15(16)20(18-9-11-24-18)21-26-17-7-2-3-8-19(17)28(21)22/h2-3,7-8,18,24H,4-6,9-14H2,1H3/t18-,23?/m1/s1. The molecule has 1 unspecified atom stereocenters. The van der Waals surface area contributed by atoms with E-state index in [0.29, 0.717) is 12.6 Å². The Morgan fingerprint density at radius 1 is 1.28 bits per heavy atom. The van der Waals surface area contributed by atoms with Gasteiger partial charge in [-0.3, -0.25) is 4.40 Å². The zero-order chi connectivity index (χ0) is 19.6. The molecule has 2 saturated heterocycles. The van der Waals surface area contributed by atoms with Gasteiger partial charge < -0.3 is 10.2 Å². The molecule has 2 fully saturated rings. The maximum absolute atomic E-state index is 11.0. The van der Waals surface area contributed by atoms with E-state index in [1.807, 2.05) is 0 Å². The monoisotopic (exact) mass is 389 g/mol. The SMILES string of the molecule is CC1(CN=O)CCN(c2c3c(c([C@H]4CCN4)c4nc5ccccc5n24)CCC3)C1. The van der Waals surface area contributed by atoms with Gasteiger partial charge in [0, 0.05) is 30.1 Å². The second-order valence-electron chi connectivity index (χ2n) is 9.37. The van der Waals surface area contributed by atoms with Crippen molar-refractivity contribution in [1.82, 2.24) is 14.7 Å². The summed E-state index contributed by atoms with van der Waals surface area (Å²) in [5, 5.41) is 6.88. The van der Waals surface area contributed by atoms with E-state index < -0.39 is 0 Å². The van der Waals surface area contributed by atoms with E-state index in [2.05, 4.69) is 51.0 Å². The van der Waals surface area contributed by atoms with Crippen molar-refractivity contribution in [2.45, 2.75) is 45.1 Å². The fourth-order valence-electron chi connectivity index (χ4n) is 5.70. The number of rotatable bonds is 4. The van der Waals surface area contributed by atoms with E-state index >= 15 is 0 Å². The third-order valence-corrected chi connectivity index (χ3v) is 7.30. The molecular weight excluding hydrogens is 362 g/mol. The molecule has 6 rings (SSSR count). The molecule has 0 radical (unpaired) electrons. The first-order chi connectivity index (χ1) is 14.2. The first-order valence-corrected chi connectivity index (χ1v) is 10.9. The number of benzene rings is 1. The number of fused-ring (bicyclic) bond motifs is 4. The second kappa shape index (κ2) is 6.26. The second-order valence-corrected chi connectivity index (χ2v) is 9.37. The van der Waals surface area contributed by atoms with Crippen LogP contribution in [0.5, 0.6) is 0 Å². The molecule has 4 heterocycles. The lowest BCUT2D eigenvalue weighted by Crippen LogP contribution is -2.36. The summed E-state index contributed by atoms with van der Waals surface area (Å²) in [7, 11) is 0. The maximum Gasteiger partial charge on any atom is 0.144 e. The number of aromatic nitrogens is 2. The summed E-state index contributed by atoms with van der Waals surface area (Å²) < 4.78 is 2.43. The van der Waals surface area contributed by atoms with Gasteiger partial charge in [-0.25, -0.2) is 4.98 Å².